The molecule has 1 aliphatic carbocycles. The number of anilines is 1. The summed E-state index contributed by atoms with van der Waals surface area (Å²) in [4.78, 5) is 33.7. The number of ether oxygens (including phenoxy) is 2. The van der Waals surface area contributed by atoms with Crippen LogP contribution in [0, 0.1) is 6.92 Å². The molecule has 224 valence electrons. The van der Waals surface area contributed by atoms with Gasteiger partial charge < -0.3 is 14.4 Å². The third-order valence-electron chi connectivity index (χ3n) is 8.78. The highest BCUT2D eigenvalue weighted by Gasteiger charge is 2.32. The van der Waals surface area contributed by atoms with E-state index < -0.39 is 5.92 Å². The zero-order valence-corrected chi connectivity index (χ0v) is 25.9. The smallest absolute Gasteiger partial charge is 0.235 e. The van der Waals surface area contributed by atoms with Crippen molar-refractivity contribution >= 4 is 44.6 Å². The summed E-state index contributed by atoms with van der Waals surface area (Å²) in [5.41, 5.74) is 2.65. The number of piperazine rings is 1. The van der Waals surface area contributed by atoms with E-state index in [1.54, 1.807) is 4.68 Å². The van der Waals surface area contributed by atoms with Crippen LogP contribution in [0.5, 0.6) is 5.75 Å². The number of pyridine rings is 1. The molecule has 0 spiro atoms. The van der Waals surface area contributed by atoms with Gasteiger partial charge in [0.25, 0.3) is 0 Å². The normalized spacial score (nSPS) is 23.8. The molecule has 3 aliphatic rings. The molecule has 1 aromatic carbocycles. The summed E-state index contributed by atoms with van der Waals surface area (Å²) < 4.78 is 15.4. The number of carbonyl (C=O) groups is 2. The van der Waals surface area contributed by atoms with E-state index >= 15 is 0 Å². The predicted octanol–water partition coefficient (Wildman–Crippen LogP) is 4.09. The number of carbonyl (C=O) groups excluding carboxylic acids is 2. The Morgan fingerprint density at radius 2 is 1.76 bits per heavy atom. The molecule has 11 heteroatoms. The minimum atomic E-state index is -0.422. The maximum Gasteiger partial charge on any atom is 0.235 e. The molecule has 1 unspecified atom stereocenters. The van der Waals surface area contributed by atoms with Gasteiger partial charge in [-0.05, 0) is 74.9 Å². The van der Waals surface area contributed by atoms with Gasteiger partial charge in [0.1, 0.15) is 11.6 Å². The van der Waals surface area contributed by atoms with Crippen LogP contribution in [0.15, 0.2) is 34.8 Å². The maximum absolute atomic E-state index is 12.4. The van der Waals surface area contributed by atoms with E-state index in [0.29, 0.717) is 24.6 Å². The van der Waals surface area contributed by atoms with Crippen molar-refractivity contribution in [3.05, 3.63) is 46.1 Å². The summed E-state index contributed by atoms with van der Waals surface area (Å²) in [6, 6.07) is 10.2. The van der Waals surface area contributed by atoms with Crippen LogP contribution >= 0.6 is 15.9 Å². The van der Waals surface area contributed by atoms with Gasteiger partial charge in [0.2, 0.25) is 11.8 Å². The lowest BCUT2D eigenvalue weighted by Crippen LogP contribution is -2.47. The Labute approximate surface area is 254 Å². The molecule has 2 saturated heterocycles. The Morgan fingerprint density at radius 3 is 2.50 bits per heavy atom. The number of aromatic nitrogens is 3. The van der Waals surface area contributed by atoms with Gasteiger partial charge in [0.05, 0.1) is 30.4 Å². The van der Waals surface area contributed by atoms with E-state index in [0.717, 1.165) is 92.1 Å². The molecule has 10 nitrogen and oxygen atoms in total. The van der Waals surface area contributed by atoms with Crippen LogP contribution in [0.25, 0.3) is 11.0 Å². The number of halogens is 1. The fourth-order valence-electron chi connectivity index (χ4n) is 6.28. The number of imide groups is 1. The second kappa shape index (κ2) is 12.7. The van der Waals surface area contributed by atoms with Crippen LogP contribution < -0.4 is 15.0 Å². The number of piperidine rings is 1. The molecule has 3 aromatic rings. The van der Waals surface area contributed by atoms with Gasteiger partial charge >= 0.3 is 0 Å². The van der Waals surface area contributed by atoms with Crippen LogP contribution in [0.2, 0.25) is 0 Å². The largest absolute Gasteiger partial charge is 0.490 e. The lowest BCUT2D eigenvalue weighted by atomic mass is 9.93. The summed E-state index contributed by atoms with van der Waals surface area (Å²) in [6.45, 7) is 7.49. The number of amides is 2. The van der Waals surface area contributed by atoms with Crippen molar-refractivity contribution in [3.8, 4) is 5.75 Å². The second-order valence-corrected chi connectivity index (χ2v) is 12.5. The average molecular weight is 640 g/mol. The molecule has 2 amide bonds. The van der Waals surface area contributed by atoms with Crippen molar-refractivity contribution in [3.63, 3.8) is 0 Å². The SMILES string of the molecule is Cc1cc(OC2CCC(OCCN3CCN(c4ccc5c(C6CCC(=O)NC6=O)nn(C)c5n4)CC3)CC2)ccc1Br. The van der Waals surface area contributed by atoms with Crippen LogP contribution in [0.4, 0.5) is 5.82 Å². The first kappa shape index (κ1) is 29.1. The molecule has 3 fully saturated rings. The van der Waals surface area contributed by atoms with Crippen LogP contribution in [-0.4, -0.2) is 83.0 Å². The standard InChI is InChI=1S/C31H39BrN6O4/c1-20-19-23(7-10-26(20)32)42-22-5-3-21(4-6-22)41-18-17-37-13-15-38(16-14-37)27-11-8-24-29(35-36(2)30(24)33-27)25-9-12-28(39)34-31(25)40/h7-8,10-11,19,21-22,25H,3-6,9,12-18H2,1-2H3,(H,34,39,40). The predicted molar refractivity (Wildman–Crippen MR) is 164 cm³/mol. The molecule has 6 rings (SSSR count). The van der Waals surface area contributed by atoms with Gasteiger partial charge in [-0.3, -0.25) is 24.5 Å². The Bertz CT molecular complexity index is 1440. The van der Waals surface area contributed by atoms with E-state index in [-0.39, 0.29) is 17.9 Å². The van der Waals surface area contributed by atoms with Gasteiger partial charge in [0.15, 0.2) is 5.65 Å². The summed E-state index contributed by atoms with van der Waals surface area (Å²) >= 11 is 3.55. The number of nitrogens with zero attached hydrogens (tertiary/aromatic N) is 5. The highest BCUT2D eigenvalue weighted by Crippen LogP contribution is 2.31. The van der Waals surface area contributed by atoms with Gasteiger partial charge in [-0.1, -0.05) is 15.9 Å². The number of benzene rings is 1. The molecule has 0 bridgehead atoms. The lowest BCUT2D eigenvalue weighted by molar-refractivity contribution is -0.134. The van der Waals surface area contributed by atoms with Gasteiger partial charge in [-0.2, -0.15) is 5.10 Å². The molecule has 2 aromatic heterocycles. The molecule has 2 aliphatic heterocycles. The van der Waals surface area contributed by atoms with Crippen molar-refractivity contribution < 1.29 is 19.1 Å². The third kappa shape index (κ3) is 6.48. The number of fused-ring (bicyclic) bond motifs is 1. The van der Waals surface area contributed by atoms with E-state index in [4.69, 9.17) is 14.5 Å². The Hall–Kier alpha value is -3.02. The Balaban J connectivity index is 0.942. The number of hydrogen-bond acceptors (Lipinski definition) is 8. The molecular weight excluding hydrogens is 600 g/mol. The van der Waals surface area contributed by atoms with E-state index in [9.17, 15) is 9.59 Å². The zero-order chi connectivity index (χ0) is 29.2. The average Bonchev–Trinajstić information content (AvgIpc) is 3.31. The number of hydrogen-bond donors (Lipinski definition) is 1. The van der Waals surface area contributed by atoms with Crippen LogP contribution in [0.3, 0.4) is 0 Å². The lowest BCUT2D eigenvalue weighted by Gasteiger charge is -2.36. The van der Waals surface area contributed by atoms with Crippen molar-refractivity contribution in [2.75, 3.05) is 44.2 Å². The summed E-state index contributed by atoms with van der Waals surface area (Å²) in [7, 11) is 1.86. The van der Waals surface area contributed by atoms with Crippen molar-refractivity contribution in [2.24, 2.45) is 7.05 Å². The van der Waals surface area contributed by atoms with Crippen molar-refractivity contribution in [2.45, 2.75) is 63.6 Å². The first-order chi connectivity index (χ1) is 20.3. The molecule has 42 heavy (non-hydrogen) atoms. The van der Waals surface area contributed by atoms with Crippen molar-refractivity contribution in [1.29, 1.82) is 0 Å². The third-order valence-corrected chi connectivity index (χ3v) is 9.67. The Kier molecular flexibility index (Phi) is 8.78. The highest BCUT2D eigenvalue weighted by molar-refractivity contribution is 9.10. The van der Waals surface area contributed by atoms with Gasteiger partial charge in [-0.25, -0.2) is 4.98 Å². The fourth-order valence-corrected chi connectivity index (χ4v) is 6.53. The first-order valence-corrected chi connectivity index (χ1v) is 15.8. The number of rotatable bonds is 8. The maximum atomic E-state index is 12.4. The number of aryl methyl sites for hydroxylation is 2. The zero-order valence-electron chi connectivity index (χ0n) is 24.4. The van der Waals surface area contributed by atoms with Gasteiger partial charge in [0, 0.05) is 56.1 Å². The number of nitrogens with one attached hydrogen (secondary N) is 1. The molecule has 1 atom stereocenters. The summed E-state index contributed by atoms with van der Waals surface area (Å²) in [5, 5.41) is 7.93. The second-order valence-electron chi connectivity index (χ2n) is 11.7. The van der Waals surface area contributed by atoms with E-state index in [1.165, 1.54) is 5.56 Å². The van der Waals surface area contributed by atoms with Crippen LogP contribution in [0.1, 0.15) is 55.7 Å². The molecule has 1 saturated carbocycles. The van der Waals surface area contributed by atoms with E-state index in [1.807, 2.05) is 25.2 Å². The first-order valence-electron chi connectivity index (χ1n) is 15.0. The quantitative estimate of drug-likeness (QED) is 0.368. The summed E-state index contributed by atoms with van der Waals surface area (Å²) in [6.07, 6.45) is 5.54. The Morgan fingerprint density at radius 1 is 1.00 bits per heavy atom. The highest BCUT2D eigenvalue weighted by atomic mass is 79.9. The fraction of sp³-hybridized carbons (Fsp3) is 0.548. The summed E-state index contributed by atoms with van der Waals surface area (Å²) in [5.74, 6) is 0.960. The molecular formula is C31H39BrN6O4. The molecule has 4 heterocycles. The van der Waals surface area contributed by atoms with Gasteiger partial charge in [-0.15, -0.1) is 0 Å². The van der Waals surface area contributed by atoms with Crippen LogP contribution in [-0.2, 0) is 21.4 Å². The minimum absolute atomic E-state index is 0.219. The topological polar surface area (TPSA) is 102 Å². The monoisotopic (exact) mass is 638 g/mol. The van der Waals surface area contributed by atoms with Crippen molar-refractivity contribution in [1.82, 2.24) is 25.0 Å². The molecule has 1 N–H and O–H groups in total. The van der Waals surface area contributed by atoms with E-state index in [2.05, 4.69) is 55.2 Å². The molecule has 0 radical (unpaired) electrons. The minimum Gasteiger partial charge on any atom is -0.490 e.